The number of anilines is 2. The number of nitrogens with zero attached hydrogens (tertiary/aromatic N) is 1. The Hall–Kier alpha value is -1.29. The molecule has 0 aromatic heterocycles. The van der Waals surface area contributed by atoms with E-state index in [0.717, 1.165) is 25.3 Å². The molecule has 0 bridgehead atoms. The molecule has 82 valence electrons. The number of nitrogens with two attached hydrogens (primary N) is 1. The Balaban J connectivity index is 2.18. The molecule has 15 heavy (non-hydrogen) atoms. The minimum absolute atomic E-state index is 0.210. The van der Waals surface area contributed by atoms with Crippen LogP contribution in [0.15, 0.2) is 18.2 Å². The van der Waals surface area contributed by atoms with Gasteiger partial charge in [-0.25, -0.2) is 4.39 Å². The van der Waals surface area contributed by atoms with E-state index in [1.807, 2.05) is 6.07 Å². The van der Waals surface area contributed by atoms with E-state index >= 15 is 0 Å². The molecule has 3 N–H and O–H groups in total. The molecule has 0 amide bonds. The van der Waals surface area contributed by atoms with E-state index in [2.05, 4.69) is 17.1 Å². The lowest BCUT2D eigenvalue weighted by atomic mass is 10.2. The Morgan fingerprint density at radius 2 is 2.33 bits per heavy atom. The molecule has 0 spiro atoms. The number of nitrogens with one attached hydrogen (secondary N) is 1. The SMILES string of the molecule is C[C@@H]1CN(c2ccc(N)c(F)c2)CCN1. The molecule has 2 rings (SSSR count). The largest absolute Gasteiger partial charge is 0.396 e. The van der Waals surface area contributed by atoms with Crippen LogP contribution in [-0.2, 0) is 0 Å². The zero-order valence-electron chi connectivity index (χ0n) is 8.83. The molecular weight excluding hydrogens is 193 g/mol. The quantitative estimate of drug-likeness (QED) is 0.683. The molecule has 0 unspecified atom stereocenters. The van der Waals surface area contributed by atoms with E-state index in [0.29, 0.717) is 6.04 Å². The van der Waals surface area contributed by atoms with E-state index in [9.17, 15) is 4.39 Å². The highest BCUT2D eigenvalue weighted by molar-refractivity contribution is 5.54. The number of rotatable bonds is 1. The predicted molar refractivity (Wildman–Crippen MR) is 60.5 cm³/mol. The maximum atomic E-state index is 13.3. The van der Waals surface area contributed by atoms with Gasteiger partial charge in [-0.2, -0.15) is 0 Å². The molecule has 1 atom stereocenters. The fourth-order valence-electron chi connectivity index (χ4n) is 1.88. The van der Waals surface area contributed by atoms with Gasteiger partial charge in [0.2, 0.25) is 0 Å². The van der Waals surface area contributed by atoms with Gasteiger partial charge in [-0.05, 0) is 25.1 Å². The van der Waals surface area contributed by atoms with Crippen LogP contribution in [-0.4, -0.2) is 25.7 Å². The molecular formula is C11H16FN3. The third-order valence-corrected chi connectivity index (χ3v) is 2.72. The van der Waals surface area contributed by atoms with Crippen LogP contribution >= 0.6 is 0 Å². The van der Waals surface area contributed by atoms with Gasteiger partial charge in [-0.15, -0.1) is 0 Å². The molecule has 1 fully saturated rings. The van der Waals surface area contributed by atoms with E-state index < -0.39 is 0 Å². The molecule has 0 aliphatic carbocycles. The smallest absolute Gasteiger partial charge is 0.148 e. The molecule has 1 aromatic carbocycles. The Labute approximate surface area is 89.1 Å². The van der Waals surface area contributed by atoms with Crippen LogP contribution in [0.5, 0.6) is 0 Å². The number of halogens is 1. The number of hydrogen-bond acceptors (Lipinski definition) is 3. The fourth-order valence-corrected chi connectivity index (χ4v) is 1.88. The van der Waals surface area contributed by atoms with E-state index in [4.69, 9.17) is 5.73 Å². The Kier molecular flexibility index (Phi) is 2.77. The summed E-state index contributed by atoms with van der Waals surface area (Å²) in [5, 5.41) is 3.35. The fraction of sp³-hybridized carbons (Fsp3) is 0.455. The third kappa shape index (κ3) is 2.21. The molecule has 1 saturated heterocycles. The highest BCUT2D eigenvalue weighted by atomic mass is 19.1. The summed E-state index contributed by atoms with van der Waals surface area (Å²) in [4.78, 5) is 2.17. The summed E-state index contributed by atoms with van der Waals surface area (Å²) in [6.45, 7) is 4.88. The summed E-state index contributed by atoms with van der Waals surface area (Å²) in [5.41, 5.74) is 6.56. The van der Waals surface area contributed by atoms with Gasteiger partial charge in [0.15, 0.2) is 0 Å². The maximum absolute atomic E-state index is 13.3. The van der Waals surface area contributed by atoms with Crippen molar-refractivity contribution in [3.63, 3.8) is 0 Å². The van der Waals surface area contributed by atoms with E-state index in [1.54, 1.807) is 6.07 Å². The molecule has 0 radical (unpaired) electrons. The standard InChI is InChI=1S/C11H16FN3/c1-8-7-15(5-4-14-8)9-2-3-11(13)10(12)6-9/h2-3,6,8,14H,4-5,7,13H2,1H3/t8-/m1/s1. The summed E-state index contributed by atoms with van der Waals surface area (Å²) in [7, 11) is 0. The molecule has 4 heteroatoms. The van der Waals surface area contributed by atoms with Crippen LogP contribution in [0.25, 0.3) is 0 Å². The van der Waals surface area contributed by atoms with Crippen LogP contribution < -0.4 is 16.0 Å². The van der Waals surface area contributed by atoms with E-state index in [-0.39, 0.29) is 11.5 Å². The van der Waals surface area contributed by atoms with Gasteiger partial charge in [0, 0.05) is 31.4 Å². The zero-order chi connectivity index (χ0) is 10.8. The number of nitrogen functional groups attached to an aromatic ring is 1. The minimum atomic E-state index is -0.335. The molecule has 1 aliphatic rings. The van der Waals surface area contributed by atoms with Crippen LogP contribution in [0.4, 0.5) is 15.8 Å². The van der Waals surface area contributed by atoms with Gasteiger partial charge in [0.25, 0.3) is 0 Å². The first-order valence-corrected chi connectivity index (χ1v) is 5.20. The van der Waals surface area contributed by atoms with Crippen LogP contribution in [0.1, 0.15) is 6.92 Å². The zero-order valence-corrected chi connectivity index (χ0v) is 8.83. The second-order valence-electron chi connectivity index (χ2n) is 4.01. The average Bonchev–Trinajstić information content (AvgIpc) is 2.22. The highest BCUT2D eigenvalue weighted by Crippen LogP contribution is 2.20. The lowest BCUT2D eigenvalue weighted by Gasteiger charge is -2.33. The van der Waals surface area contributed by atoms with Crippen molar-refractivity contribution in [2.24, 2.45) is 0 Å². The average molecular weight is 209 g/mol. The van der Waals surface area contributed by atoms with Crippen molar-refractivity contribution in [1.82, 2.24) is 5.32 Å². The second-order valence-corrected chi connectivity index (χ2v) is 4.01. The third-order valence-electron chi connectivity index (χ3n) is 2.72. The first-order chi connectivity index (χ1) is 7.16. The van der Waals surface area contributed by atoms with Crippen molar-refractivity contribution >= 4 is 11.4 Å². The van der Waals surface area contributed by atoms with Crippen molar-refractivity contribution in [1.29, 1.82) is 0 Å². The molecule has 1 aromatic rings. The van der Waals surface area contributed by atoms with Crippen LogP contribution in [0, 0.1) is 5.82 Å². The topological polar surface area (TPSA) is 41.3 Å². The number of hydrogen-bond donors (Lipinski definition) is 2. The lowest BCUT2D eigenvalue weighted by Crippen LogP contribution is -2.49. The van der Waals surface area contributed by atoms with Crippen LogP contribution in [0.2, 0.25) is 0 Å². The van der Waals surface area contributed by atoms with Gasteiger partial charge in [0.05, 0.1) is 5.69 Å². The molecule has 0 saturated carbocycles. The van der Waals surface area contributed by atoms with Gasteiger partial charge in [0.1, 0.15) is 5.82 Å². The predicted octanol–water partition coefficient (Wildman–Crippen LogP) is 1.21. The van der Waals surface area contributed by atoms with Crippen molar-refractivity contribution in [3.05, 3.63) is 24.0 Å². The maximum Gasteiger partial charge on any atom is 0.148 e. The molecule has 3 nitrogen and oxygen atoms in total. The summed E-state index contributed by atoms with van der Waals surface area (Å²) in [5.74, 6) is -0.335. The molecule has 1 heterocycles. The lowest BCUT2D eigenvalue weighted by molar-refractivity contribution is 0.484. The monoisotopic (exact) mass is 209 g/mol. The van der Waals surface area contributed by atoms with Crippen molar-refractivity contribution in [2.45, 2.75) is 13.0 Å². The van der Waals surface area contributed by atoms with Gasteiger partial charge >= 0.3 is 0 Å². The second kappa shape index (κ2) is 4.06. The normalized spacial score (nSPS) is 21.7. The summed E-state index contributed by atoms with van der Waals surface area (Å²) >= 11 is 0. The summed E-state index contributed by atoms with van der Waals surface area (Å²) < 4.78 is 13.3. The highest BCUT2D eigenvalue weighted by Gasteiger charge is 2.16. The Bertz CT molecular complexity index is 354. The van der Waals surface area contributed by atoms with Gasteiger partial charge in [-0.1, -0.05) is 0 Å². The van der Waals surface area contributed by atoms with E-state index in [1.165, 1.54) is 6.07 Å². The number of benzene rings is 1. The van der Waals surface area contributed by atoms with Crippen molar-refractivity contribution in [2.75, 3.05) is 30.3 Å². The Morgan fingerprint density at radius 1 is 1.53 bits per heavy atom. The number of piperazine rings is 1. The van der Waals surface area contributed by atoms with Gasteiger partial charge < -0.3 is 16.0 Å². The minimum Gasteiger partial charge on any atom is -0.396 e. The first kappa shape index (κ1) is 10.2. The summed E-state index contributed by atoms with van der Waals surface area (Å²) in [6, 6.07) is 5.45. The molecule has 1 aliphatic heterocycles. The Morgan fingerprint density at radius 3 is 3.00 bits per heavy atom. The van der Waals surface area contributed by atoms with Crippen molar-refractivity contribution < 1.29 is 4.39 Å². The first-order valence-electron chi connectivity index (χ1n) is 5.20. The van der Waals surface area contributed by atoms with Crippen LogP contribution in [0.3, 0.4) is 0 Å². The van der Waals surface area contributed by atoms with Crippen molar-refractivity contribution in [3.8, 4) is 0 Å². The van der Waals surface area contributed by atoms with Gasteiger partial charge in [-0.3, -0.25) is 0 Å². The summed E-state index contributed by atoms with van der Waals surface area (Å²) in [6.07, 6.45) is 0.